The molecule has 5 nitrogen and oxygen atoms in total. The number of rotatable bonds is 12. The zero-order chi connectivity index (χ0) is 16.6. The summed E-state index contributed by atoms with van der Waals surface area (Å²) in [4.78, 5) is 4.62. The fourth-order valence-electron chi connectivity index (χ4n) is 2.83. The van der Waals surface area contributed by atoms with Gasteiger partial charge in [-0.2, -0.15) is 0 Å². The topological polar surface area (TPSA) is 54.9 Å². The first-order valence-corrected chi connectivity index (χ1v) is 9.49. The van der Waals surface area contributed by atoms with Gasteiger partial charge in [0.2, 0.25) is 0 Å². The van der Waals surface area contributed by atoms with Crippen LogP contribution in [0.15, 0.2) is 4.99 Å². The summed E-state index contributed by atoms with van der Waals surface area (Å²) >= 11 is 0. The summed E-state index contributed by atoms with van der Waals surface area (Å²) in [6.07, 6.45) is 11.5. The monoisotopic (exact) mass is 455 g/mol. The molecule has 0 aromatic carbocycles. The van der Waals surface area contributed by atoms with Gasteiger partial charge < -0.3 is 20.1 Å². The normalized spacial score (nSPS) is 15.8. The Hall–Kier alpha value is -0.0800. The molecule has 6 heteroatoms. The molecule has 0 saturated heterocycles. The van der Waals surface area contributed by atoms with Crippen molar-refractivity contribution >= 4 is 29.9 Å². The van der Waals surface area contributed by atoms with E-state index in [1.54, 1.807) is 7.11 Å². The van der Waals surface area contributed by atoms with E-state index < -0.39 is 0 Å². The predicted molar refractivity (Wildman–Crippen MR) is 113 cm³/mol. The van der Waals surface area contributed by atoms with Crippen molar-refractivity contribution in [1.82, 2.24) is 10.6 Å². The Balaban J connectivity index is 0.00000529. The van der Waals surface area contributed by atoms with Crippen molar-refractivity contribution in [2.75, 3.05) is 40.0 Å². The van der Waals surface area contributed by atoms with Crippen molar-refractivity contribution in [3.63, 3.8) is 0 Å². The maximum absolute atomic E-state index is 5.94. The number of guanidine groups is 1. The lowest BCUT2D eigenvalue weighted by Gasteiger charge is -2.21. The van der Waals surface area contributed by atoms with Crippen molar-refractivity contribution < 1.29 is 9.47 Å². The lowest BCUT2D eigenvalue weighted by Crippen LogP contribution is -2.37. The average Bonchev–Trinajstić information content (AvgIpc) is 2.58. The zero-order valence-corrected chi connectivity index (χ0v) is 18.0. The number of nitrogens with zero attached hydrogens (tertiary/aromatic N) is 1. The van der Waals surface area contributed by atoms with Crippen molar-refractivity contribution in [3.8, 4) is 0 Å². The molecule has 0 atom stereocenters. The Morgan fingerprint density at radius 2 is 1.79 bits per heavy atom. The van der Waals surface area contributed by atoms with Gasteiger partial charge in [0.05, 0.1) is 6.10 Å². The molecule has 0 unspecified atom stereocenters. The van der Waals surface area contributed by atoms with Gasteiger partial charge in [-0.05, 0) is 45.4 Å². The summed E-state index contributed by atoms with van der Waals surface area (Å²) in [6.45, 7) is 6.48. The van der Waals surface area contributed by atoms with Crippen LogP contribution in [0.3, 0.4) is 0 Å². The Kier molecular flexibility index (Phi) is 17.7. The van der Waals surface area contributed by atoms with Gasteiger partial charge in [0.1, 0.15) is 0 Å². The average molecular weight is 455 g/mol. The van der Waals surface area contributed by atoms with Crippen LogP contribution in [0.4, 0.5) is 0 Å². The van der Waals surface area contributed by atoms with Crippen LogP contribution in [0.2, 0.25) is 0 Å². The van der Waals surface area contributed by atoms with Crippen LogP contribution in [0.1, 0.15) is 64.7 Å². The quantitative estimate of drug-likeness (QED) is 0.204. The van der Waals surface area contributed by atoms with Crippen LogP contribution in [0, 0.1) is 0 Å². The second-order valence-corrected chi connectivity index (χ2v) is 6.23. The molecule has 0 radical (unpaired) electrons. The number of ether oxygens (including phenoxy) is 2. The van der Waals surface area contributed by atoms with E-state index in [4.69, 9.17) is 9.47 Å². The molecule has 0 heterocycles. The van der Waals surface area contributed by atoms with E-state index in [1.807, 2.05) is 0 Å². The van der Waals surface area contributed by atoms with Gasteiger partial charge in [0.15, 0.2) is 5.96 Å². The third-order valence-electron chi connectivity index (χ3n) is 4.14. The molecule has 1 fully saturated rings. The number of halogens is 1. The van der Waals surface area contributed by atoms with Crippen LogP contribution in [0.25, 0.3) is 0 Å². The van der Waals surface area contributed by atoms with Crippen molar-refractivity contribution in [2.45, 2.75) is 70.8 Å². The van der Waals surface area contributed by atoms with Gasteiger partial charge in [0, 0.05) is 40.0 Å². The maximum atomic E-state index is 5.94. The Labute approximate surface area is 165 Å². The first-order valence-electron chi connectivity index (χ1n) is 9.49. The van der Waals surface area contributed by atoms with Gasteiger partial charge in [0.25, 0.3) is 0 Å². The largest absolute Gasteiger partial charge is 0.385 e. The number of methoxy groups -OCH3 is 1. The standard InChI is InChI=1S/C18H37N3O2.HI/c1-3-19-18(20-13-8-5-9-15-22-2)21-14-10-16-23-17-11-6-4-7-12-17;/h17H,3-16H2,1-2H3,(H2,19,20,21);1H. The first-order chi connectivity index (χ1) is 11.4. The molecule has 1 saturated carbocycles. The summed E-state index contributed by atoms with van der Waals surface area (Å²) in [7, 11) is 1.76. The highest BCUT2D eigenvalue weighted by Crippen LogP contribution is 2.20. The van der Waals surface area contributed by atoms with E-state index in [-0.39, 0.29) is 24.0 Å². The molecule has 1 aliphatic rings. The van der Waals surface area contributed by atoms with E-state index >= 15 is 0 Å². The molecule has 0 amide bonds. The van der Waals surface area contributed by atoms with E-state index in [2.05, 4.69) is 22.5 Å². The van der Waals surface area contributed by atoms with Gasteiger partial charge in [-0.3, -0.25) is 4.99 Å². The molecule has 0 aliphatic heterocycles. The first kappa shape index (κ1) is 23.9. The van der Waals surface area contributed by atoms with Crippen LogP contribution in [-0.2, 0) is 9.47 Å². The molecule has 24 heavy (non-hydrogen) atoms. The fraction of sp³-hybridized carbons (Fsp3) is 0.944. The van der Waals surface area contributed by atoms with Crippen LogP contribution in [-0.4, -0.2) is 52.0 Å². The van der Waals surface area contributed by atoms with E-state index in [0.29, 0.717) is 6.10 Å². The highest BCUT2D eigenvalue weighted by Gasteiger charge is 2.12. The van der Waals surface area contributed by atoms with Gasteiger partial charge >= 0.3 is 0 Å². The van der Waals surface area contributed by atoms with Gasteiger partial charge in [-0.1, -0.05) is 19.3 Å². The molecule has 1 aliphatic carbocycles. The number of hydrogen-bond donors (Lipinski definition) is 2. The van der Waals surface area contributed by atoms with Crippen molar-refractivity contribution in [2.24, 2.45) is 4.99 Å². The number of nitrogens with one attached hydrogen (secondary N) is 2. The van der Waals surface area contributed by atoms with Gasteiger partial charge in [-0.25, -0.2) is 0 Å². The number of aliphatic imine (C=N–C) groups is 1. The minimum atomic E-state index is 0. The summed E-state index contributed by atoms with van der Waals surface area (Å²) < 4.78 is 11.0. The second-order valence-electron chi connectivity index (χ2n) is 6.23. The lowest BCUT2D eigenvalue weighted by molar-refractivity contribution is 0.0281. The molecule has 0 bridgehead atoms. The van der Waals surface area contributed by atoms with E-state index in [9.17, 15) is 0 Å². The third-order valence-corrected chi connectivity index (χ3v) is 4.14. The Bertz CT molecular complexity index is 298. The predicted octanol–water partition coefficient (Wildman–Crippen LogP) is 3.72. The minimum Gasteiger partial charge on any atom is -0.385 e. The molecule has 0 aromatic heterocycles. The SMILES string of the molecule is CCNC(=NCCCOC1CCCCC1)NCCCCCOC.I. The third kappa shape index (κ3) is 13.2. The van der Waals surface area contributed by atoms with Crippen molar-refractivity contribution in [3.05, 3.63) is 0 Å². The molecule has 144 valence electrons. The smallest absolute Gasteiger partial charge is 0.191 e. The summed E-state index contributed by atoms with van der Waals surface area (Å²) in [5.41, 5.74) is 0. The minimum absolute atomic E-state index is 0. The molecular weight excluding hydrogens is 417 g/mol. The highest BCUT2D eigenvalue weighted by atomic mass is 127. The molecule has 0 aromatic rings. The second kappa shape index (κ2) is 17.7. The Morgan fingerprint density at radius 3 is 2.50 bits per heavy atom. The molecule has 2 N–H and O–H groups in total. The van der Waals surface area contributed by atoms with Crippen LogP contribution < -0.4 is 10.6 Å². The lowest BCUT2D eigenvalue weighted by atomic mass is 9.98. The maximum Gasteiger partial charge on any atom is 0.191 e. The number of hydrogen-bond acceptors (Lipinski definition) is 3. The fourth-order valence-corrected chi connectivity index (χ4v) is 2.83. The van der Waals surface area contributed by atoms with Gasteiger partial charge in [-0.15, -0.1) is 24.0 Å². The number of unbranched alkanes of at least 4 members (excludes halogenated alkanes) is 2. The Morgan fingerprint density at radius 1 is 1.00 bits per heavy atom. The summed E-state index contributed by atoms with van der Waals surface area (Å²) in [6, 6.07) is 0. The van der Waals surface area contributed by atoms with Crippen LogP contribution >= 0.6 is 24.0 Å². The van der Waals surface area contributed by atoms with E-state index in [0.717, 1.165) is 58.1 Å². The molecule has 0 spiro atoms. The molecule has 1 rings (SSSR count). The molecular formula is C18H38IN3O2. The van der Waals surface area contributed by atoms with E-state index in [1.165, 1.54) is 38.5 Å². The van der Waals surface area contributed by atoms with Crippen LogP contribution in [0.5, 0.6) is 0 Å². The highest BCUT2D eigenvalue weighted by molar-refractivity contribution is 14.0. The van der Waals surface area contributed by atoms with Crippen molar-refractivity contribution in [1.29, 1.82) is 0 Å². The summed E-state index contributed by atoms with van der Waals surface area (Å²) in [5, 5.41) is 6.69. The zero-order valence-electron chi connectivity index (χ0n) is 15.6. The summed E-state index contributed by atoms with van der Waals surface area (Å²) in [5.74, 6) is 0.928.